The minimum absolute atomic E-state index is 0.942. The average Bonchev–Trinajstić information content (AvgIpc) is 2.41. The second kappa shape index (κ2) is 5.67. The van der Waals surface area contributed by atoms with E-state index in [1.807, 2.05) is 6.92 Å². The van der Waals surface area contributed by atoms with Crippen LogP contribution in [0.15, 0.2) is 47.1 Å². The first kappa shape index (κ1) is 12.6. The molecule has 0 atom stereocenters. The number of amidine groups is 1. The second-order valence-corrected chi connectivity index (χ2v) is 4.74. The Balaban J connectivity index is 2.31. The number of aryl methyl sites for hydroxylation is 1. The summed E-state index contributed by atoms with van der Waals surface area (Å²) in [6, 6.07) is 8.53. The molecule has 1 heterocycles. The highest BCUT2D eigenvalue weighted by molar-refractivity contribution is 5.87. The molecule has 1 aliphatic heterocycles. The zero-order valence-electron chi connectivity index (χ0n) is 11.3. The Kier molecular flexibility index (Phi) is 3.98. The SMILES string of the molecule is CC1=NC(c2ccc(C)cc2)=CCC/C=C(/C)N1. The van der Waals surface area contributed by atoms with E-state index < -0.39 is 0 Å². The third-order valence-corrected chi connectivity index (χ3v) is 2.97. The third-order valence-electron chi connectivity index (χ3n) is 2.97. The number of allylic oxidation sites excluding steroid dienone is 3. The highest BCUT2D eigenvalue weighted by Gasteiger charge is 2.03. The molecule has 1 aromatic carbocycles. The van der Waals surface area contributed by atoms with E-state index in [2.05, 4.69) is 60.6 Å². The molecule has 1 aliphatic rings. The molecule has 0 amide bonds. The molecule has 0 unspecified atom stereocenters. The van der Waals surface area contributed by atoms with E-state index in [9.17, 15) is 0 Å². The van der Waals surface area contributed by atoms with Crippen LogP contribution in [0.2, 0.25) is 0 Å². The van der Waals surface area contributed by atoms with Gasteiger partial charge in [0.25, 0.3) is 0 Å². The summed E-state index contributed by atoms with van der Waals surface area (Å²) < 4.78 is 0. The van der Waals surface area contributed by atoms with Crippen molar-refractivity contribution in [2.24, 2.45) is 4.99 Å². The number of nitrogens with one attached hydrogen (secondary N) is 1. The van der Waals surface area contributed by atoms with Crippen LogP contribution in [0.3, 0.4) is 0 Å². The van der Waals surface area contributed by atoms with Gasteiger partial charge in [0, 0.05) is 5.70 Å². The number of hydrogen-bond donors (Lipinski definition) is 1. The van der Waals surface area contributed by atoms with Crippen LogP contribution >= 0.6 is 0 Å². The lowest BCUT2D eigenvalue weighted by Crippen LogP contribution is -2.17. The summed E-state index contributed by atoms with van der Waals surface area (Å²) in [5.41, 5.74) is 4.69. The zero-order chi connectivity index (χ0) is 13.0. The van der Waals surface area contributed by atoms with Gasteiger partial charge < -0.3 is 5.32 Å². The van der Waals surface area contributed by atoms with Crippen LogP contribution in [-0.4, -0.2) is 5.84 Å². The number of nitrogens with zero attached hydrogens (tertiary/aromatic N) is 1. The molecule has 1 aromatic rings. The molecule has 0 fully saturated rings. The fraction of sp³-hybridized carbons (Fsp3) is 0.312. The van der Waals surface area contributed by atoms with Gasteiger partial charge in [0.05, 0.1) is 5.70 Å². The molecule has 0 saturated heterocycles. The first-order valence-electron chi connectivity index (χ1n) is 6.41. The summed E-state index contributed by atoms with van der Waals surface area (Å²) in [4.78, 5) is 4.67. The molecule has 0 saturated carbocycles. The molecule has 2 nitrogen and oxygen atoms in total. The molecule has 94 valence electrons. The van der Waals surface area contributed by atoms with E-state index in [0.717, 1.165) is 24.4 Å². The van der Waals surface area contributed by atoms with E-state index in [4.69, 9.17) is 0 Å². The summed E-state index contributed by atoms with van der Waals surface area (Å²) in [5, 5.41) is 3.30. The third kappa shape index (κ3) is 3.33. The maximum atomic E-state index is 4.67. The fourth-order valence-corrected chi connectivity index (χ4v) is 2.02. The fourth-order valence-electron chi connectivity index (χ4n) is 2.02. The van der Waals surface area contributed by atoms with E-state index in [-0.39, 0.29) is 0 Å². The number of rotatable bonds is 1. The highest BCUT2D eigenvalue weighted by atomic mass is 15.0. The zero-order valence-corrected chi connectivity index (χ0v) is 11.3. The highest BCUT2D eigenvalue weighted by Crippen LogP contribution is 2.19. The van der Waals surface area contributed by atoms with Crippen molar-refractivity contribution in [3.05, 3.63) is 53.2 Å². The predicted molar refractivity (Wildman–Crippen MR) is 78.4 cm³/mol. The van der Waals surface area contributed by atoms with Crippen molar-refractivity contribution in [1.82, 2.24) is 5.32 Å². The Morgan fingerprint density at radius 2 is 1.61 bits per heavy atom. The molecular weight excluding hydrogens is 220 g/mol. The van der Waals surface area contributed by atoms with Gasteiger partial charge in [0.1, 0.15) is 5.84 Å². The van der Waals surface area contributed by atoms with Crippen molar-refractivity contribution in [1.29, 1.82) is 0 Å². The Morgan fingerprint density at radius 1 is 0.944 bits per heavy atom. The summed E-state index contributed by atoms with van der Waals surface area (Å²) in [7, 11) is 0. The maximum Gasteiger partial charge on any atom is 0.103 e. The molecule has 2 rings (SSSR count). The van der Waals surface area contributed by atoms with Crippen LogP contribution in [0.1, 0.15) is 37.8 Å². The lowest BCUT2D eigenvalue weighted by atomic mass is 10.1. The van der Waals surface area contributed by atoms with Crippen LogP contribution in [0.4, 0.5) is 0 Å². The van der Waals surface area contributed by atoms with E-state index >= 15 is 0 Å². The maximum absolute atomic E-state index is 4.67. The van der Waals surface area contributed by atoms with Crippen molar-refractivity contribution >= 4 is 11.5 Å². The van der Waals surface area contributed by atoms with Gasteiger partial charge in [-0.15, -0.1) is 0 Å². The van der Waals surface area contributed by atoms with Crippen LogP contribution in [0, 0.1) is 6.92 Å². The Bertz CT molecular complexity index is 504. The number of aliphatic imine (C=N–C) groups is 1. The number of hydrogen-bond acceptors (Lipinski definition) is 2. The van der Waals surface area contributed by atoms with Crippen LogP contribution < -0.4 is 5.32 Å². The van der Waals surface area contributed by atoms with Crippen LogP contribution in [0.25, 0.3) is 5.70 Å². The molecule has 0 aromatic heterocycles. The monoisotopic (exact) mass is 240 g/mol. The summed E-state index contributed by atoms with van der Waals surface area (Å²) in [6.07, 6.45) is 6.51. The van der Waals surface area contributed by atoms with Gasteiger partial charge in [0.2, 0.25) is 0 Å². The Morgan fingerprint density at radius 3 is 2.33 bits per heavy atom. The van der Waals surface area contributed by atoms with E-state index in [0.29, 0.717) is 0 Å². The van der Waals surface area contributed by atoms with Gasteiger partial charge in [-0.05, 0) is 39.2 Å². The van der Waals surface area contributed by atoms with Crippen LogP contribution in [-0.2, 0) is 0 Å². The summed E-state index contributed by atoms with van der Waals surface area (Å²) in [5.74, 6) is 0.942. The van der Waals surface area contributed by atoms with Crippen molar-refractivity contribution < 1.29 is 0 Å². The van der Waals surface area contributed by atoms with Crippen molar-refractivity contribution in [2.75, 3.05) is 0 Å². The largest absolute Gasteiger partial charge is 0.348 e. The molecule has 2 heteroatoms. The normalized spacial score (nSPS) is 19.4. The van der Waals surface area contributed by atoms with Gasteiger partial charge in [0.15, 0.2) is 0 Å². The quantitative estimate of drug-likeness (QED) is 0.787. The molecule has 0 bridgehead atoms. The van der Waals surface area contributed by atoms with Crippen LogP contribution in [0.5, 0.6) is 0 Å². The first-order chi connectivity index (χ1) is 8.65. The summed E-state index contributed by atoms with van der Waals surface area (Å²) >= 11 is 0. The lowest BCUT2D eigenvalue weighted by Gasteiger charge is -2.07. The van der Waals surface area contributed by atoms with Crippen molar-refractivity contribution in [3.63, 3.8) is 0 Å². The smallest absolute Gasteiger partial charge is 0.103 e. The molecule has 18 heavy (non-hydrogen) atoms. The van der Waals surface area contributed by atoms with Crippen molar-refractivity contribution in [3.8, 4) is 0 Å². The Labute approximate surface area is 109 Å². The van der Waals surface area contributed by atoms with Gasteiger partial charge in [-0.1, -0.05) is 42.0 Å². The van der Waals surface area contributed by atoms with Gasteiger partial charge in [-0.3, -0.25) is 0 Å². The van der Waals surface area contributed by atoms with E-state index in [1.54, 1.807) is 0 Å². The molecule has 0 aliphatic carbocycles. The van der Waals surface area contributed by atoms with Crippen molar-refractivity contribution in [2.45, 2.75) is 33.6 Å². The predicted octanol–water partition coefficient (Wildman–Crippen LogP) is 4.04. The first-order valence-corrected chi connectivity index (χ1v) is 6.41. The van der Waals surface area contributed by atoms with Gasteiger partial charge in [-0.25, -0.2) is 4.99 Å². The molecule has 1 N–H and O–H groups in total. The second-order valence-electron chi connectivity index (χ2n) is 4.74. The molecule has 0 radical (unpaired) electrons. The van der Waals surface area contributed by atoms with E-state index in [1.165, 1.54) is 16.8 Å². The molecule has 0 spiro atoms. The average molecular weight is 240 g/mol. The molecular formula is C16H20N2. The minimum atomic E-state index is 0.942. The minimum Gasteiger partial charge on any atom is -0.348 e. The number of benzene rings is 1. The van der Waals surface area contributed by atoms with Gasteiger partial charge in [-0.2, -0.15) is 0 Å². The lowest BCUT2D eigenvalue weighted by molar-refractivity contribution is 1.01. The Hall–Kier alpha value is -1.83. The van der Waals surface area contributed by atoms with Gasteiger partial charge >= 0.3 is 0 Å². The summed E-state index contributed by atoms with van der Waals surface area (Å²) in [6.45, 7) is 6.19. The topological polar surface area (TPSA) is 24.4 Å². The standard InChI is InChI=1S/C16H20N2/c1-12-8-10-15(11-9-12)16-7-5-4-6-13(2)17-14(3)18-16/h6-11H,4-5H2,1-3H3,(H,17,18)/b13-6-,16-7?.